The summed E-state index contributed by atoms with van der Waals surface area (Å²) in [6, 6.07) is 17.3. The van der Waals surface area contributed by atoms with Gasteiger partial charge in [-0.15, -0.1) is 0 Å². The molecule has 5 rings (SSSR count). The third kappa shape index (κ3) is 4.73. The molecule has 7 nitrogen and oxygen atoms in total. The zero-order valence-corrected chi connectivity index (χ0v) is 19.4. The van der Waals surface area contributed by atoms with Crippen molar-refractivity contribution in [2.24, 2.45) is 5.10 Å². The first-order valence-electron chi connectivity index (χ1n) is 11.6. The van der Waals surface area contributed by atoms with Gasteiger partial charge in [0, 0.05) is 23.7 Å². The smallest absolute Gasteiger partial charge is 0.262 e. The number of carbonyl (C=O) groups excluding carboxylic acids is 2. The Kier molecular flexibility index (Phi) is 5.92. The maximum Gasteiger partial charge on any atom is 0.262 e. The highest BCUT2D eigenvalue weighted by atomic mass is 16.3. The number of rotatable bonds is 7. The fraction of sp³-hybridized carbons (Fsp3) is 0.296. The zero-order valence-electron chi connectivity index (χ0n) is 19.4. The highest BCUT2D eigenvalue weighted by Gasteiger charge is 2.34. The summed E-state index contributed by atoms with van der Waals surface area (Å²) in [5, 5.41) is 12.4. The van der Waals surface area contributed by atoms with Crippen LogP contribution in [0.2, 0.25) is 0 Å². The van der Waals surface area contributed by atoms with Crippen LogP contribution in [0.1, 0.15) is 58.1 Å². The van der Waals surface area contributed by atoms with E-state index in [1.807, 2.05) is 62.4 Å². The lowest BCUT2D eigenvalue weighted by molar-refractivity contribution is -0.131. The standard InChI is InChI=1S/C27H28N4O3/c1-17-5-8-19(9-6-17)23-15-24(25-4-3-13-34-25)31(30-23)26(32)16-28-22-14-20(10-7-18(22)2)27(33)29-21-11-12-21/h3-10,13-14,21,24,28H,11-12,15-16H2,1-2H3,(H,29,33). The molecular weight excluding hydrogens is 428 g/mol. The van der Waals surface area contributed by atoms with Crippen LogP contribution in [0.15, 0.2) is 70.4 Å². The highest BCUT2D eigenvalue weighted by molar-refractivity contribution is 6.03. The minimum absolute atomic E-state index is 0.0520. The normalized spacial score (nSPS) is 17.4. The van der Waals surface area contributed by atoms with E-state index in [1.165, 1.54) is 10.6 Å². The van der Waals surface area contributed by atoms with E-state index < -0.39 is 0 Å². The second kappa shape index (κ2) is 9.17. The van der Waals surface area contributed by atoms with Crippen LogP contribution >= 0.6 is 0 Å². The van der Waals surface area contributed by atoms with Gasteiger partial charge >= 0.3 is 0 Å². The number of amides is 2. The van der Waals surface area contributed by atoms with Crippen LogP contribution in [0, 0.1) is 13.8 Å². The number of nitrogens with one attached hydrogen (secondary N) is 2. The average molecular weight is 457 g/mol. The van der Waals surface area contributed by atoms with Crippen molar-refractivity contribution in [1.82, 2.24) is 10.3 Å². The molecule has 3 aromatic rings. The van der Waals surface area contributed by atoms with Crippen molar-refractivity contribution in [3.63, 3.8) is 0 Å². The Morgan fingerprint density at radius 2 is 1.88 bits per heavy atom. The van der Waals surface area contributed by atoms with E-state index in [0.29, 0.717) is 23.8 Å². The van der Waals surface area contributed by atoms with Crippen LogP contribution in [0.5, 0.6) is 0 Å². The third-order valence-corrected chi connectivity index (χ3v) is 6.26. The molecule has 0 bridgehead atoms. The third-order valence-electron chi connectivity index (χ3n) is 6.26. The van der Waals surface area contributed by atoms with Crippen molar-refractivity contribution in [2.45, 2.75) is 45.2 Å². The highest BCUT2D eigenvalue weighted by Crippen LogP contribution is 2.33. The lowest BCUT2D eigenvalue weighted by Crippen LogP contribution is -2.32. The summed E-state index contributed by atoms with van der Waals surface area (Å²) >= 11 is 0. The van der Waals surface area contributed by atoms with Crippen molar-refractivity contribution < 1.29 is 14.0 Å². The summed E-state index contributed by atoms with van der Waals surface area (Å²) in [5.41, 5.74) is 5.32. The number of hydrazone groups is 1. The van der Waals surface area contributed by atoms with Gasteiger partial charge in [-0.25, -0.2) is 5.01 Å². The van der Waals surface area contributed by atoms with Crippen LogP contribution in [0.3, 0.4) is 0 Å². The van der Waals surface area contributed by atoms with Crippen LogP contribution in [-0.2, 0) is 4.79 Å². The molecule has 7 heteroatoms. The molecule has 174 valence electrons. The monoisotopic (exact) mass is 456 g/mol. The van der Waals surface area contributed by atoms with Crippen molar-refractivity contribution in [1.29, 1.82) is 0 Å². The number of anilines is 1. The molecule has 2 heterocycles. The molecule has 1 aliphatic carbocycles. The summed E-state index contributed by atoms with van der Waals surface area (Å²) in [5.74, 6) is 0.450. The van der Waals surface area contributed by atoms with Gasteiger partial charge < -0.3 is 15.1 Å². The van der Waals surface area contributed by atoms with Crippen LogP contribution in [0.4, 0.5) is 5.69 Å². The Labute approximate surface area is 198 Å². The molecule has 1 fully saturated rings. The largest absolute Gasteiger partial charge is 0.467 e. The van der Waals surface area contributed by atoms with Crippen LogP contribution in [0.25, 0.3) is 0 Å². The molecule has 1 aromatic heterocycles. The molecule has 1 atom stereocenters. The SMILES string of the molecule is Cc1ccc(C2=NN(C(=O)CNc3cc(C(=O)NC4CC4)ccc3C)C(c3ccco3)C2)cc1. The average Bonchev–Trinajstić information content (AvgIpc) is 3.30. The minimum atomic E-state index is -0.294. The van der Waals surface area contributed by atoms with Crippen molar-refractivity contribution in [3.05, 3.63) is 88.9 Å². The van der Waals surface area contributed by atoms with Gasteiger partial charge in [0.25, 0.3) is 11.8 Å². The van der Waals surface area contributed by atoms with Crippen molar-refractivity contribution in [2.75, 3.05) is 11.9 Å². The first kappa shape index (κ1) is 21.9. The molecule has 1 unspecified atom stereocenters. The van der Waals surface area contributed by atoms with Crippen LogP contribution in [-0.4, -0.2) is 35.1 Å². The van der Waals surface area contributed by atoms with Crippen LogP contribution < -0.4 is 10.6 Å². The Balaban J connectivity index is 1.33. The summed E-state index contributed by atoms with van der Waals surface area (Å²) in [6.07, 6.45) is 4.27. The molecule has 2 amide bonds. The van der Waals surface area contributed by atoms with E-state index in [2.05, 4.69) is 15.7 Å². The lowest BCUT2D eigenvalue weighted by atomic mass is 10.0. The molecule has 0 radical (unpaired) electrons. The second-order valence-electron chi connectivity index (χ2n) is 9.02. The predicted octanol–water partition coefficient (Wildman–Crippen LogP) is 4.58. The fourth-order valence-electron chi connectivity index (χ4n) is 4.07. The molecule has 1 saturated carbocycles. The molecule has 34 heavy (non-hydrogen) atoms. The van der Waals surface area contributed by atoms with Gasteiger partial charge in [0.05, 0.1) is 18.5 Å². The number of aryl methyl sites for hydroxylation is 2. The first-order chi connectivity index (χ1) is 16.5. The zero-order chi connectivity index (χ0) is 23.7. The van der Waals surface area contributed by atoms with E-state index in [1.54, 1.807) is 12.3 Å². The molecule has 2 aliphatic rings. The summed E-state index contributed by atoms with van der Waals surface area (Å²) < 4.78 is 5.63. The Hall–Kier alpha value is -3.87. The van der Waals surface area contributed by atoms with Crippen molar-refractivity contribution >= 4 is 23.2 Å². The number of nitrogens with zero attached hydrogens (tertiary/aromatic N) is 2. The molecule has 1 aliphatic heterocycles. The number of benzene rings is 2. The number of carbonyl (C=O) groups is 2. The maximum atomic E-state index is 13.3. The molecule has 0 saturated heterocycles. The van der Waals surface area contributed by atoms with Gasteiger partial charge in [0.1, 0.15) is 11.8 Å². The fourth-order valence-corrected chi connectivity index (χ4v) is 4.07. The molecular formula is C27H28N4O3. The Bertz CT molecular complexity index is 1230. The summed E-state index contributed by atoms with van der Waals surface area (Å²) in [7, 11) is 0. The Morgan fingerprint density at radius 1 is 1.09 bits per heavy atom. The number of hydrogen-bond donors (Lipinski definition) is 2. The van der Waals surface area contributed by atoms with Gasteiger partial charge in [0.15, 0.2) is 0 Å². The quantitative estimate of drug-likeness (QED) is 0.545. The van der Waals surface area contributed by atoms with Gasteiger partial charge in [-0.05, 0) is 62.1 Å². The second-order valence-corrected chi connectivity index (χ2v) is 9.02. The summed E-state index contributed by atoms with van der Waals surface area (Å²) in [6.45, 7) is 4.04. The summed E-state index contributed by atoms with van der Waals surface area (Å²) in [4.78, 5) is 25.7. The topological polar surface area (TPSA) is 86.9 Å². The van der Waals surface area contributed by atoms with E-state index in [0.717, 1.165) is 35.4 Å². The molecule has 0 spiro atoms. The van der Waals surface area contributed by atoms with E-state index in [-0.39, 0.29) is 24.4 Å². The first-order valence-corrected chi connectivity index (χ1v) is 11.6. The van der Waals surface area contributed by atoms with Crippen molar-refractivity contribution in [3.8, 4) is 0 Å². The Morgan fingerprint density at radius 3 is 2.59 bits per heavy atom. The predicted molar refractivity (Wildman–Crippen MR) is 131 cm³/mol. The number of hydrogen-bond acceptors (Lipinski definition) is 5. The van der Waals surface area contributed by atoms with Gasteiger partial charge in [-0.3, -0.25) is 9.59 Å². The minimum Gasteiger partial charge on any atom is -0.467 e. The lowest BCUT2D eigenvalue weighted by Gasteiger charge is -2.20. The maximum absolute atomic E-state index is 13.3. The van der Waals surface area contributed by atoms with Gasteiger partial charge in [-0.1, -0.05) is 35.9 Å². The van der Waals surface area contributed by atoms with E-state index >= 15 is 0 Å². The van der Waals surface area contributed by atoms with Gasteiger partial charge in [-0.2, -0.15) is 5.10 Å². The molecule has 2 N–H and O–H groups in total. The van der Waals surface area contributed by atoms with E-state index in [9.17, 15) is 9.59 Å². The van der Waals surface area contributed by atoms with Gasteiger partial charge in [0.2, 0.25) is 0 Å². The van der Waals surface area contributed by atoms with E-state index in [4.69, 9.17) is 4.42 Å². The number of furan rings is 1. The molecule has 2 aromatic carbocycles.